The van der Waals surface area contributed by atoms with E-state index in [1.807, 2.05) is 0 Å². The maximum atomic E-state index is 12.8. The van der Waals surface area contributed by atoms with Crippen LogP contribution in [0.1, 0.15) is 54.7 Å². The van der Waals surface area contributed by atoms with E-state index < -0.39 is 73.8 Å². The molecule has 0 fully saturated rings. The zero-order valence-corrected chi connectivity index (χ0v) is 29.7. The number of halogens is 2. The summed E-state index contributed by atoms with van der Waals surface area (Å²) in [6, 6.07) is 6.75. The number of phenolic OH excluding ortho intramolecular Hbond substituents is 1. The van der Waals surface area contributed by atoms with Gasteiger partial charge < -0.3 is 48.3 Å². The minimum atomic E-state index is -2.46. The zero-order valence-electron chi connectivity index (χ0n) is 28.2. The van der Waals surface area contributed by atoms with Crippen LogP contribution in [-0.4, -0.2) is 79.0 Å². The minimum Gasteiger partial charge on any atom is -0.506 e. The fourth-order valence-electron chi connectivity index (χ4n) is 5.07. The van der Waals surface area contributed by atoms with Gasteiger partial charge in [-0.15, -0.1) is 0 Å². The average molecular weight is 779 g/mol. The number of phenols is 1. The Hall–Kier alpha value is -5.91. The lowest BCUT2D eigenvalue weighted by molar-refractivity contribution is -0.165. The number of anilines is 1. The van der Waals surface area contributed by atoms with E-state index in [0.29, 0.717) is 6.29 Å². The quantitative estimate of drug-likeness (QED) is 0.109. The topological polar surface area (TPSA) is 228 Å². The lowest BCUT2D eigenvalue weighted by atomic mass is 9.76. The first-order valence-electron chi connectivity index (χ1n) is 15.0. The Balaban J connectivity index is 1.90. The minimum absolute atomic E-state index is 0.127. The molecule has 19 heteroatoms. The highest BCUT2D eigenvalue weighted by Gasteiger charge is 2.46. The van der Waals surface area contributed by atoms with E-state index in [9.17, 15) is 43.8 Å². The number of aldehydes is 1. The second-order valence-corrected chi connectivity index (χ2v) is 11.8. The summed E-state index contributed by atoms with van der Waals surface area (Å²) in [7, 11) is 0. The van der Waals surface area contributed by atoms with Crippen LogP contribution in [0.25, 0.3) is 0 Å². The number of ether oxygens (including phenoxy) is 7. The Morgan fingerprint density at radius 2 is 1.15 bits per heavy atom. The number of aromatic hydroxyl groups is 1. The smallest absolute Gasteiger partial charge is 0.328 e. The first kappa shape index (κ1) is 39.9. The van der Waals surface area contributed by atoms with E-state index in [4.69, 9.17) is 46.9 Å². The summed E-state index contributed by atoms with van der Waals surface area (Å²) in [6.07, 6.45) is 0.297. The molecule has 0 aromatic heterocycles. The van der Waals surface area contributed by atoms with Crippen LogP contribution in [0.4, 0.5) is 5.69 Å². The predicted molar refractivity (Wildman–Crippen MR) is 179 cm³/mol. The van der Waals surface area contributed by atoms with Gasteiger partial charge in [0.25, 0.3) is 0 Å². The van der Waals surface area contributed by atoms with E-state index in [0.717, 1.165) is 44.7 Å². The molecule has 53 heavy (non-hydrogen) atoms. The second kappa shape index (κ2) is 16.6. The third kappa shape index (κ3) is 9.31. The molecule has 0 amide bonds. The van der Waals surface area contributed by atoms with Gasteiger partial charge in [-0.1, -0.05) is 23.2 Å². The van der Waals surface area contributed by atoms with Crippen molar-refractivity contribution in [3.63, 3.8) is 0 Å². The molecule has 0 bridgehead atoms. The molecule has 0 saturated heterocycles. The Labute approximate surface area is 309 Å². The number of hydrogen-bond donors (Lipinski definition) is 2. The highest BCUT2D eigenvalue weighted by Crippen LogP contribution is 2.55. The van der Waals surface area contributed by atoms with Gasteiger partial charge in [0.1, 0.15) is 35.9 Å². The molecule has 0 unspecified atom stereocenters. The molecular formula is C34H29Cl2NO16. The van der Waals surface area contributed by atoms with Crippen LogP contribution < -0.4 is 19.1 Å². The largest absolute Gasteiger partial charge is 0.506 e. The van der Waals surface area contributed by atoms with E-state index in [2.05, 4.69) is 9.47 Å². The fourth-order valence-corrected chi connectivity index (χ4v) is 5.47. The first-order valence-corrected chi connectivity index (χ1v) is 15.8. The van der Waals surface area contributed by atoms with Crippen molar-refractivity contribution in [1.29, 1.82) is 0 Å². The molecule has 1 heterocycles. The summed E-state index contributed by atoms with van der Waals surface area (Å²) in [6.45, 7) is 1.26. The van der Waals surface area contributed by atoms with E-state index >= 15 is 0 Å². The molecular weight excluding hydrogens is 749 g/mol. The summed E-state index contributed by atoms with van der Waals surface area (Å²) in [5.41, 5.74) is -3.67. The molecule has 0 radical (unpaired) electrons. The summed E-state index contributed by atoms with van der Waals surface area (Å²) in [5, 5.41) is 23.8. The molecule has 3 aromatic rings. The summed E-state index contributed by atoms with van der Waals surface area (Å²) < 4.78 is 35.2. The number of carbonyl (C=O) groups excluding carboxylic acids is 7. The van der Waals surface area contributed by atoms with Crippen LogP contribution in [0.2, 0.25) is 10.0 Å². The van der Waals surface area contributed by atoms with Gasteiger partial charge in [-0.25, -0.2) is 0 Å². The molecule has 2 N–H and O–H groups in total. The zero-order chi connectivity index (χ0) is 39.2. The van der Waals surface area contributed by atoms with Gasteiger partial charge >= 0.3 is 35.8 Å². The fraction of sp³-hybridized carbons (Fsp3) is 0.265. The Morgan fingerprint density at radius 3 is 1.55 bits per heavy atom. The van der Waals surface area contributed by atoms with Gasteiger partial charge in [-0.2, -0.15) is 0 Å². The monoisotopic (exact) mass is 777 g/mol. The van der Waals surface area contributed by atoms with E-state index in [-0.39, 0.29) is 61.0 Å². The van der Waals surface area contributed by atoms with Crippen molar-refractivity contribution in [2.24, 2.45) is 0 Å². The third-order valence-electron chi connectivity index (χ3n) is 7.18. The molecule has 1 aliphatic heterocycles. The van der Waals surface area contributed by atoms with Crippen LogP contribution >= 0.6 is 23.2 Å². The van der Waals surface area contributed by atoms with Gasteiger partial charge in [-0.3, -0.25) is 33.6 Å². The number of carbonyl (C=O) groups is 7. The number of fused-ring (bicyclic) bond motifs is 2. The highest BCUT2D eigenvalue weighted by molar-refractivity contribution is 6.32. The van der Waals surface area contributed by atoms with Crippen LogP contribution in [0.15, 0.2) is 36.4 Å². The molecule has 3 aromatic carbocycles. The van der Waals surface area contributed by atoms with Gasteiger partial charge in [0.2, 0.25) is 13.6 Å². The number of esters is 6. The van der Waals surface area contributed by atoms with Crippen molar-refractivity contribution < 1.29 is 76.9 Å². The van der Waals surface area contributed by atoms with Crippen LogP contribution in [0.5, 0.6) is 28.7 Å². The van der Waals surface area contributed by atoms with Gasteiger partial charge in [0, 0.05) is 62.1 Å². The van der Waals surface area contributed by atoms with Crippen molar-refractivity contribution in [3.8, 4) is 28.7 Å². The predicted octanol–water partition coefficient (Wildman–Crippen LogP) is 3.69. The second-order valence-electron chi connectivity index (χ2n) is 11.0. The molecule has 280 valence electrons. The molecule has 4 rings (SSSR count). The van der Waals surface area contributed by atoms with Crippen molar-refractivity contribution in [2.75, 3.05) is 31.6 Å². The lowest BCUT2D eigenvalue weighted by Crippen LogP contribution is -2.37. The Kier molecular flexibility index (Phi) is 12.5. The maximum absolute atomic E-state index is 12.8. The normalized spacial score (nSPS) is 12.1. The van der Waals surface area contributed by atoms with Crippen molar-refractivity contribution in [1.82, 2.24) is 0 Å². The van der Waals surface area contributed by atoms with E-state index in [1.54, 1.807) is 0 Å². The highest BCUT2D eigenvalue weighted by atomic mass is 35.5. The Morgan fingerprint density at radius 1 is 0.698 bits per heavy atom. The molecule has 0 spiro atoms. The molecule has 0 atom stereocenters. The van der Waals surface area contributed by atoms with Crippen LogP contribution in [0, 0.1) is 0 Å². The number of benzene rings is 3. The van der Waals surface area contributed by atoms with Crippen LogP contribution in [0.3, 0.4) is 0 Å². The molecule has 1 aliphatic rings. The Bertz CT molecular complexity index is 1910. The standard InChI is InChI=1S/C34H29Cl2NO16/c1-16(39)47-14-49-32(44)11-37(12-33(45)50-15-48-17(2)40)26-5-20(13-38)21(8-27(26)43)34(46)22-6-24(35)30(51-18(3)41)9-28(22)53-29-10-31(52-19(4)42)25(36)7-23(29)34/h5-10,13,43,46H,11-12,14-15H2,1-4H3. The number of nitrogens with zero attached hydrogens (tertiary/aromatic N) is 1. The van der Waals surface area contributed by atoms with Crippen molar-refractivity contribution in [3.05, 3.63) is 68.7 Å². The van der Waals surface area contributed by atoms with E-state index in [1.165, 1.54) is 24.3 Å². The average Bonchev–Trinajstić information content (AvgIpc) is 3.05. The van der Waals surface area contributed by atoms with Gasteiger partial charge in [0.05, 0.1) is 15.7 Å². The van der Waals surface area contributed by atoms with Gasteiger partial charge in [0.15, 0.2) is 17.8 Å². The first-order chi connectivity index (χ1) is 24.9. The van der Waals surface area contributed by atoms with Crippen molar-refractivity contribution >= 4 is 71.0 Å². The lowest BCUT2D eigenvalue weighted by Gasteiger charge is -2.38. The molecule has 0 saturated carbocycles. The molecule has 0 aliphatic carbocycles. The maximum Gasteiger partial charge on any atom is 0.328 e. The van der Waals surface area contributed by atoms with Crippen molar-refractivity contribution in [2.45, 2.75) is 33.3 Å². The van der Waals surface area contributed by atoms with Crippen LogP contribution in [-0.2, 0) is 53.3 Å². The third-order valence-corrected chi connectivity index (χ3v) is 7.77. The SMILES string of the molecule is CC(=O)OCOC(=O)CN(CC(=O)OCOC(C)=O)c1cc(C=O)c(C2(O)c3cc(Cl)c(OC(C)=O)cc3Oc3cc(OC(C)=O)c(Cl)cc32)cc1O. The number of hydrogen-bond acceptors (Lipinski definition) is 17. The summed E-state index contributed by atoms with van der Waals surface area (Å²) >= 11 is 12.9. The number of rotatable bonds is 13. The molecule has 17 nitrogen and oxygen atoms in total. The van der Waals surface area contributed by atoms with Gasteiger partial charge in [-0.05, 0) is 24.3 Å². The number of aliphatic hydroxyl groups is 1. The summed E-state index contributed by atoms with van der Waals surface area (Å²) in [5.74, 6) is -6.43. The summed E-state index contributed by atoms with van der Waals surface area (Å²) in [4.78, 5) is 84.8.